The van der Waals surface area contributed by atoms with E-state index in [4.69, 9.17) is 4.98 Å². The second-order valence-corrected chi connectivity index (χ2v) is 9.34. The van der Waals surface area contributed by atoms with Crippen molar-refractivity contribution in [3.05, 3.63) is 65.4 Å². The van der Waals surface area contributed by atoms with Gasteiger partial charge in [0.25, 0.3) is 0 Å². The number of aryl methyl sites for hydroxylation is 2. The van der Waals surface area contributed by atoms with Gasteiger partial charge in [0.15, 0.2) is 0 Å². The number of benzene rings is 2. The molecule has 0 spiro atoms. The molecule has 0 aliphatic rings. The maximum atomic E-state index is 10.3. The van der Waals surface area contributed by atoms with E-state index >= 15 is 0 Å². The third kappa shape index (κ3) is 3.58. The lowest BCUT2D eigenvalue weighted by Crippen LogP contribution is -2.12. The molecule has 3 heteroatoms. The molecule has 4 rings (SSSR count). The van der Waals surface area contributed by atoms with Crippen LogP contribution < -0.4 is 0 Å². The molecule has 0 bridgehead atoms. The highest BCUT2D eigenvalue weighted by molar-refractivity contribution is 6.10. The SMILES string of the molecule is CCCc1cc(CCC)c2c(c1)c1ccc(O)cc1n2-c1cc(C(C)(C)C)ccn1. The predicted octanol–water partition coefficient (Wildman–Crippen LogP) is 7.09. The number of pyridine rings is 1. The minimum Gasteiger partial charge on any atom is -0.508 e. The van der Waals surface area contributed by atoms with Crippen LogP contribution in [0.25, 0.3) is 27.6 Å². The molecule has 0 atom stereocenters. The van der Waals surface area contributed by atoms with Crippen LogP contribution in [0.1, 0.15) is 64.2 Å². The average molecular weight is 401 g/mol. The van der Waals surface area contributed by atoms with Gasteiger partial charge in [0.2, 0.25) is 0 Å². The molecule has 2 aromatic heterocycles. The van der Waals surface area contributed by atoms with E-state index in [9.17, 15) is 5.11 Å². The van der Waals surface area contributed by atoms with Crippen molar-refractivity contribution < 1.29 is 5.11 Å². The van der Waals surface area contributed by atoms with Crippen molar-refractivity contribution >= 4 is 21.8 Å². The summed E-state index contributed by atoms with van der Waals surface area (Å²) in [5, 5.41) is 12.7. The molecule has 0 amide bonds. The predicted molar refractivity (Wildman–Crippen MR) is 127 cm³/mol. The van der Waals surface area contributed by atoms with Gasteiger partial charge >= 0.3 is 0 Å². The van der Waals surface area contributed by atoms with Gasteiger partial charge in [-0.25, -0.2) is 4.98 Å². The van der Waals surface area contributed by atoms with Crippen LogP contribution in [-0.4, -0.2) is 14.7 Å². The Morgan fingerprint density at radius 1 is 0.900 bits per heavy atom. The maximum Gasteiger partial charge on any atom is 0.137 e. The molecular weight excluding hydrogens is 368 g/mol. The van der Waals surface area contributed by atoms with E-state index in [-0.39, 0.29) is 11.2 Å². The van der Waals surface area contributed by atoms with Gasteiger partial charge in [0, 0.05) is 23.0 Å². The minimum absolute atomic E-state index is 0.0408. The molecule has 156 valence electrons. The molecular formula is C27H32N2O. The van der Waals surface area contributed by atoms with Crippen LogP contribution in [0.4, 0.5) is 0 Å². The zero-order valence-corrected chi connectivity index (χ0v) is 18.8. The second-order valence-electron chi connectivity index (χ2n) is 9.34. The molecule has 0 saturated carbocycles. The molecule has 0 radical (unpaired) electrons. The van der Waals surface area contributed by atoms with Gasteiger partial charge in [-0.05, 0) is 65.3 Å². The van der Waals surface area contributed by atoms with Gasteiger partial charge in [-0.1, -0.05) is 53.5 Å². The summed E-state index contributed by atoms with van der Waals surface area (Å²) in [7, 11) is 0. The quantitative estimate of drug-likeness (QED) is 0.388. The summed E-state index contributed by atoms with van der Waals surface area (Å²) < 4.78 is 2.25. The van der Waals surface area contributed by atoms with Crippen molar-refractivity contribution in [2.45, 2.75) is 65.7 Å². The van der Waals surface area contributed by atoms with Gasteiger partial charge in [-0.3, -0.25) is 4.57 Å². The van der Waals surface area contributed by atoms with Crippen LogP contribution in [0.3, 0.4) is 0 Å². The highest BCUT2D eigenvalue weighted by Crippen LogP contribution is 2.37. The van der Waals surface area contributed by atoms with E-state index in [0.717, 1.165) is 37.0 Å². The van der Waals surface area contributed by atoms with E-state index in [2.05, 4.69) is 63.5 Å². The first-order valence-corrected chi connectivity index (χ1v) is 11.1. The maximum absolute atomic E-state index is 10.3. The standard InChI is InChI=1S/C27H32N2O/c1-6-8-18-14-19(9-7-2)26-23(15-18)22-11-10-21(30)17-24(22)29(26)25-16-20(12-13-28-25)27(3,4)5/h10-17,30H,6-9H2,1-5H3. The Morgan fingerprint density at radius 3 is 2.37 bits per heavy atom. The van der Waals surface area contributed by atoms with E-state index in [1.807, 2.05) is 18.3 Å². The van der Waals surface area contributed by atoms with Gasteiger partial charge in [0.05, 0.1) is 11.0 Å². The van der Waals surface area contributed by atoms with Crippen LogP contribution in [0.15, 0.2) is 48.7 Å². The molecule has 0 fully saturated rings. The Kier molecular flexibility index (Phi) is 5.31. The number of nitrogens with zero attached hydrogens (tertiary/aromatic N) is 2. The molecule has 2 heterocycles. The lowest BCUT2D eigenvalue weighted by Gasteiger charge is -2.20. The summed E-state index contributed by atoms with van der Waals surface area (Å²) in [5.41, 5.74) is 6.26. The second kappa shape index (κ2) is 7.79. The topological polar surface area (TPSA) is 38.0 Å². The Labute approximate surface area is 179 Å². The first-order valence-electron chi connectivity index (χ1n) is 11.1. The van der Waals surface area contributed by atoms with Crippen molar-refractivity contribution in [2.75, 3.05) is 0 Å². The van der Waals surface area contributed by atoms with Crippen molar-refractivity contribution in [3.8, 4) is 11.6 Å². The minimum atomic E-state index is 0.0408. The smallest absolute Gasteiger partial charge is 0.137 e. The molecule has 0 aliphatic carbocycles. The number of hydrogen-bond donors (Lipinski definition) is 1. The molecule has 0 unspecified atom stereocenters. The number of phenols is 1. The number of hydrogen-bond acceptors (Lipinski definition) is 2. The highest BCUT2D eigenvalue weighted by atomic mass is 16.3. The number of aromatic nitrogens is 2. The van der Waals surface area contributed by atoms with Crippen LogP contribution in [0.5, 0.6) is 5.75 Å². The third-order valence-electron chi connectivity index (χ3n) is 5.88. The summed E-state index contributed by atoms with van der Waals surface area (Å²) in [6, 6.07) is 14.7. The molecule has 0 saturated heterocycles. The Balaban J connectivity index is 2.13. The van der Waals surface area contributed by atoms with Gasteiger partial charge < -0.3 is 5.11 Å². The zero-order chi connectivity index (χ0) is 21.5. The fourth-order valence-electron chi connectivity index (χ4n) is 4.42. The molecule has 0 aliphatic heterocycles. The lowest BCUT2D eigenvalue weighted by atomic mass is 9.88. The number of aromatic hydroxyl groups is 1. The van der Waals surface area contributed by atoms with Crippen LogP contribution >= 0.6 is 0 Å². The van der Waals surface area contributed by atoms with Crippen LogP contribution in [0, 0.1) is 0 Å². The number of fused-ring (bicyclic) bond motifs is 3. The van der Waals surface area contributed by atoms with Gasteiger partial charge in [-0.2, -0.15) is 0 Å². The Morgan fingerprint density at radius 2 is 1.67 bits per heavy atom. The number of rotatable bonds is 5. The van der Waals surface area contributed by atoms with Crippen molar-refractivity contribution in [1.29, 1.82) is 0 Å². The molecule has 2 aromatic carbocycles. The Bertz CT molecular complexity index is 1210. The van der Waals surface area contributed by atoms with E-state index < -0.39 is 0 Å². The molecule has 4 aromatic rings. The molecule has 3 nitrogen and oxygen atoms in total. The van der Waals surface area contributed by atoms with Crippen molar-refractivity contribution in [1.82, 2.24) is 9.55 Å². The third-order valence-corrected chi connectivity index (χ3v) is 5.88. The lowest BCUT2D eigenvalue weighted by molar-refractivity contribution is 0.476. The monoisotopic (exact) mass is 400 g/mol. The Hall–Kier alpha value is -2.81. The van der Waals surface area contributed by atoms with Crippen LogP contribution in [0.2, 0.25) is 0 Å². The van der Waals surface area contributed by atoms with Gasteiger partial charge in [0.1, 0.15) is 11.6 Å². The molecule has 30 heavy (non-hydrogen) atoms. The fourth-order valence-corrected chi connectivity index (χ4v) is 4.42. The fraction of sp³-hybridized carbons (Fsp3) is 0.370. The highest BCUT2D eigenvalue weighted by Gasteiger charge is 2.20. The number of phenolic OH excluding ortho intramolecular Hbond substituents is 1. The first kappa shape index (κ1) is 20.5. The van der Waals surface area contributed by atoms with E-state index in [1.54, 1.807) is 6.07 Å². The summed E-state index contributed by atoms with van der Waals surface area (Å²) in [6.07, 6.45) is 6.23. The summed E-state index contributed by atoms with van der Waals surface area (Å²) in [4.78, 5) is 4.77. The first-order chi connectivity index (χ1) is 14.3. The van der Waals surface area contributed by atoms with Crippen LogP contribution in [-0.2, 0) is 18.3 Å². The van der Waals surface area contributed by atoms with Crippen molar-refractivity contribution in [3.63, 3.8) is 0 Å². The zero-order valence-electron chi connectivity index (χ0n) is 18.8. The van der Waals surface area contributed by atoms with Gasteiger partial charge in [-0.15, -0.1) is 0 Å². The largest absolute Gasteiger partial charge is 0.508 e. The summed E-state index contributed by atoms with van der Waals surface area (Å²) in [5.74, 6) is 1.19. The van der Waals surface area contributed by atoms with E-state index in [1.165, 1.54) is 33.0 Å². The normalized spacial score (nSPS) is 12.2. The average Bonchev–Trinajstić information content (AvgIpc) is 3.01. The summed E-state index contributed by atoms with van der Waals surface area (Å²) >= 11 is 0. The van der Waals surface area contributed by atoms with E-state index in [0.29, 0.717) is 0 Å². The summed E-state index contributed by atoms with van der Waals surface area (Å²) in [6.45, 7) is 11.1. The molecule has 1 N–H and O–H groups in total. The van der Waals surface area contributed by atoms with Crippen molar-refractivity contribution in [2.24, 2.45) is 0 Å².